The van der Waals surface area contributed by atoms with Crippen LogP contribution in [0.2, 0.25) is 0 Å². The van der Waals surface area contributed by atoms with Crippen molar-refractivity contribution < 1.29 is 18.7 Å². The summed E-state index contributed by atoms with van der Waals surface area (Å²) in [7, 11) is 2.96. The highest BCUT2D eigenvalue weighted by Crippen LogP contribution is 2.13. The first kappa shape index (κ1) is 17.6. The molecule has 0 radical (unpaired) electrons. The van der Waals surface area contributed by atoms with Crippen LogP contribution in [-0.2, 0) is 27.4 Å². The van der Waals surface area contributed by atoms with Crippen LogP contribution < -0.4 is 5.73 Å². The Kier molecular flexibility index (Phi) is 7.89. The van der Waals surface area contributed by atoms with Gasteiger partial charge in [-0.2, -0.15) is 0 Å². The van der Waals surface area contributed by atoms with Gasteiger partial charge >= 0.3 is 5.97 Å². The molecule has 0 aromatic heterocycles. The number of nitrogens with two attached hydrogens (primary N) is 1. The van der Waals surface area contributed by atoms with Gasteiger partial charge < -0.3 is 15.2 Å². The second-order valence-corrected chi connectivity index (χ2v) is 4.72. The first-order valence-electron chi connectivity index (χ1n) is 6.86. The summed E-state index contributed by atoms with van der Waals surface area (Å²) in [5.41, 5.74) is 6.82. The predicted molar refractivity (Wildman–Crippen MR) is 78.1 cm³/mol. The zero-order valence-corrected chi connectivity index (χ0v) is 12.6. The zero-order valence-electron chi connectivity index (χ0n) is 12.6. The fourth-order valence-electron chi connectivity index (χ4n) is 1.93. The Labute approximate surface area is 124 Å². The van der Waals surface area contributed by atoms with Crippen LogP contribution in [-0.4, -0.2) is 44.8 Å². The van der Waals surface area contributed by atoms with E-state index < -0.39 is 0 Å². The minimum Gasteiger partial charge on any atom is -0.469 e. The third-order valence-corrected chi connectivity index (χ3v) is 3.22. The van der Waals surface area contributed by atoms with Crippen LogP contribution in [0.3, 0.4) is 0 Å². The SMILES string of the molecule is COCCN(CCC(=O)OC)Cc1ccc(CN)cc1F. The summed E-state index contributed by atoms with van der Waals surface area (Å²) in [4.78, 5) is 13.2. The molecule has 0 aliphatic heterocycles. The topological polar surface area (TPSA) is 64.8 Å². The summed E-state index contributed by atoms with van der Waals surface area (Å²) >= 11 is 0. The Morgan fingerprint density at radius 1 is 1.33 bits per heavy atom. The van der Waals surface area contributed by atoms with E-state index in [0.29, 0.717) is 38.3 Å². The summed E-state index contributed by atoms with van der Waals surface area (Å²) in [6, 6.07) is 4.99. The third kappa shape index (κ3) is 6.20. The summed E-state index contributed by atoms with van der Waals surface area (Å²) < 4.78 is 23.6. The molecule has 0 saturated carbocycles. The average molecular weight is 298 g/mol. The molecule has 0 heterocycles. The van der Waals surface area contributed by atoms with Crippen LogP contribution in [0.5, 0.6) is 0 Å². The number of rotatable bonds is 9. The lowest BCUT2D eigenvalue weighted by Crippen LogP contribution is -2.30. The number of nitrogens with zero attached hydrogens (tertiary/aromatic N) is 1. The highest BCUT2D eigenvalue weighted by Gasteiger charge is 2.12. The molecule has 6 heteroatoms. The van der Waals surface area contributed by atoms with Gasteiger partial charge in [0.1, 0.15) is 5.82 Å². The van der Waals surface area contributed by atoms with Crippen molar-refractivity contribution in [3.8, 4) is 0 Å². The molecule has 0 saturated heterocycles. The Bertz CT molecular complexity index is 455. The Morgan fingerprint density at radius 2 is 2.10 bits per heavy atom. The van der Waals surface area contributed by atoms with Gasteiger partial charge in [-0.1, -0.05) is 12.1 Å². The molecule has 0 aliphatic rings. The van der Waals surface area contributed by atoms with Crippen molar-refractivity contribution in [1.82, 2.24) is 4.90 Å². The van der Waals surface area contributed by atoms with E-state index in [9.17, 15) is 9.18 Å². The van der Waals surface area contributed by atoms with Crippen molar-refractivity contribution in [3.63, 3.8) is 0 Å². The maximum Gasteiger partial charge on any atom is 0.306 e. The van der Waals surface area contributed by atoms with Crippen molar-refractivity contribution in [2.24, 2.45) is 5.73 Å². The molecule has 5 nitrogen and oxygen atoms in total. The van der Waals surface area contributed by atoms with Crippen molar-refractivity contribution in [1.29, 1.82) is 0 Å². The van der Waals surface area contributed by atoms with Gasteiger partial charge in [-0.25, -0.2) is 4.39 Å². The van der Waals surface area contributed by atoms with Gasteiger partial charge in [-0.15, -0.1) is 0 Å². The summed E-state index contributed by atoms with van der Waals surface area (Å²) in [6.07, 6.45) is 0.267. The maximum absolute atomic E-state index is 14.0. The number of hydrogen-bond donors (Lipinski definition) is 1. The molecule has 1 aromatic carbocycles. The molecule has 0 bridgehead atoms. The van der Waals surface area contributed by atoms with Crippen molar-refractivity contribution in [2.75, 3.05) is 33.9 Å². The van der Waals surface area contributed by atoms with E-state index in [1.54, 1.807) is 13.2 Å². The van der Waals surface area contributed by atoms with E-state index in [4.69, 9.17) is 10.5 Å². The first-order chi connectivity index (χ1) is 10.1. The number of carbonyl (C=O) groups is 1. The molecule has 0 atom stereocenters. The van der Waals surface area contributed by atoms with Crippen molar-refractivity contribution in [3.05, 3.63) is 35.1 Å². The van der Waals surface area contributed by atoms with E-state index in [1.807, 2.05) is 11.0 Å². The molecule has 0 fully saturated rings. The molecule has 2 N–H and O–H groups in total. The van der Waals surface area contributed by atoms with Gasteiger partial charge in [0.2, 0.25) is 0 Å². The lowest BCUT2D eigenvalue weighted by molar-refractivity contribution is -0.141. The highest BCUT2D eigenvalue weighted by atomic mass is 19.1. The largest absolute Gasteiger partial charge is 0.469 e. The fraction of sp³-hybridized carbons (Fsp3) is 0.533. The lowest BCUT2D eigenvalue weighted by atomic mass is 10.1. The minimum absolute atomic E-state index is 0.267. The zero-order chi connectivity index (χ0) is 15.7. The van der Waals surface area contributed by atoms with Gasteiger partial charge in [0.25, 0.3) is 0 Å². The molecule has 21 heavy (non-hydrogen) atoms. The van der Waals surface area contributed by atoms with Crippen LogP contribution in [0.15, 0.2) is 18.2 Å². The van der Waals surface area contributed by atoms with E-state index in [-0.39, 0.29) is 18.2 Å². The Balaban J connectivity index is 2.68. The molecule has 1 aromatic rings. The van der Waals surface area contributed by atoms with Crippen LogP contribution in [0.25, 0.3) is 0 Å². The minimum atomic E-state index is -0.281. The lowest BCUT2D eigenvalue weighted by Gasteiger charge is -2.22. The average Bonchev–Trinajstić information content (AvgIpc) is 2.50. The monoisotopic (exact) mass is 298 g/mol. The summed E-state index contributed by atoms with van der Waals surface area (Å²) in [6.45, 7) is 2.35. The highest BCUT2D eigenvalue weighted by molar-refractivity contribution is 5.69. The van der Waals surface area contributed by atoms with E-state index in [1.165, 1.54) is 13.2 Å². The number of methoxy groups -OCH3 is 2. The van der Waals surface area contributed by atoms with Crippen LogP contribution >= 0.6 is 0 Å². The first-order valence-corrected chi connectivity index (χ1v) is 6.86. The normalized spacial score (nSPS) is 10.9. The second kappa shape index (κ2) is 9.44. The van der Waals surface area contributed by atoms with Gasteiger partial charge in [0, 0.05) is 38.9 Å². The second-order valence-electron chi connectivity index (χ2n) is 4.72. The van der Waals surface area contributed by atoms with Crippen molar-refractivity contribution >= 4 is 5.97 Å². The summed E-state index contributed by atoms with van der Waals surface area (Å²) in [5, 5.41) is 0. The molecule has 0 unspecified atom stereocenters. The number of esters is 1. The smallest absolute Gasteiger partial charge is 0.306 e. The fourth-order valence-corrected chi connectivity index (χ4v) is 1.93. The van der Waals surface area contributed by atoms with Gasteiger partial charge in [-0.3, -0.25) is 9.69 Å². The molecular weight excluding hydrogens is 275 g/mol. The predicted octanol–water partition coefficient (Wildman–Crippen LogP) is 1.30. The summed E-state index contributed by atoms with van der Waals surface area (Å²) in [5.74, 6) is -0.560. The maximum atomic E-state index is 14.0. The third-order valence-electron chi connectivity index (χ3n) is 3.22. The number of benzene rings is 1. The number of hydrogen-bond acceptors (Lipinski definition) is 5. The Morgan fingerprint density at radius 3 is 2.67 bits per heavy atom. The van der Waals surface area contributed by atoms with Gasteiger partial charge in [0.15, 0.2) is 0 Å². The number of halogens is 1. The van der Waals surface area contributed by atoms with Gasteiger partial charge in [-0.05, 0) is 11.6 Å². The quantitative estimate of drug-likeness (QED) is 0.696. The number of ether oxygens (including phenoxy) is 2. The van der Waals surface area contributed by atoms with E-state index in [0.717, 1.165) is 5.56 Å². The molecule has 118 valence electrons. The van der Waals surface area contributed by atoms with Crippen LogP contribution in [0.4, 0.5) is 4.39 Å². The van der Waals surface area contributed by atoms with Crippen LogP contribution in [0.1, 0.15) is 17.5 Å². The molecule has 0 spiro atoms. The molecular formula is C15H23FN2O3. The van der Waals surface area contributed by atoms with Crippen LogP contribution in [0, 0.1) is 5.82 Å². The molecule has 0 aliphatic carbocycles. The molecule has 0 amide bonds. The standard InChI is InChI=1S/C15H23FN2O3/c1-20-8-7-18(6-5-15(19)21-2)11-13-4-3-12(10-17)9-14(13)16/h3-4,9H,5-8,10-11,17H2,1-2H3. The van der Waals surface area contributed by atoms with E-state index >= 15 is 0 Å². The number of carbonyl (C=O) groups excluding carboxylic acids is 1. The van der Waals surface area contributed by atoms with Crippen molar-refractivity contribution in [2.45, 2.75) is 19.5 Å². The van der Waals surface area contributed by atoms with E-state index in [2.05, 4.69) is 4.74 Å². The Hall–Kier alpha value is -1.50. The van der Waals surface area contributed by atoms with Gasteiger partial charge in [0.05, 0.1) is 20.1 Å². The molecule has 1 rings (SSSR count).